The van der Waals surface area contributed by atoms with Gasteiger partial charge in [-0.3, -0.25) is 0 Å². The molecule has 2 N–H and O–H groups in total. The first-order valence-electron chi connectivity index (χ1n) is 8.10. The highest BCUT2D eigenvalue weighted by Crippen LogP contribution is 2.40. The quantitative estimate of drug-likeness (QED) is 0.929. The lowest BCUT2D eigenvalue weighted by Crippen LogP contribution is -2.59. The number of ether oxygens (including phenoxy) is 2. The predicted octanol–water partition coefficient (Wildman–Crippen LogP) is 2.56. The molecule has 0 bridgehead atoms. The molecule has 116 valence electrons. The van der Waals surface area contributed by atoms with Crippen LogP contribution >= 0.6 is 0 Å². The number of hydrogen-bond acceptors (Lipinski definition) is 4. The third-order valence-electron chi connectivity index (χ3n) is 4.88. The zero-order chi connectivity index (χ0) is 14.7. The molecular formula is C17H26N2O2. The Bertz CT molecular complexity index is 480. The number of benzene rings is 1. The molecule has 3 rings (SSSR count). The van der Waals surface area contributed by atoms with Crippen LogP contribution < -0.4 is 15.4 Å². The monoisotopic (exact) mass is 290 g/mol. The Morgan fingerprint density at radius 3 is 3.00 bits per heavy atom. The maximum atomic E-state index is 6.26. The highest BCUT2D eigenvalue weighted by atomic mass is 16.5. The van der Waals surface area contributed by atoms with Crippen molar-refractivity contribution >= 4 is 5.69 Å². The summed E-state index contributed by atoms with van der Waals surface area (Å²) in [4.78, 5) is 2.50. The molecule has 2 aliphatic rings. The molecule has 1 aromatic rings. The Morgan fingerprint density at radius 1 is 1.33 bits per heavy atom. The van der Waals surface area contributed by atoms with Crippen LogP contribution in [0.15, 0.2) is 24.3 Å². The first kappa shape index (κ1) is 14.7. The van der Waals surface area contributed by atoms with E-state index in [1.807, 2.05) is 6.07 Å². The SMILES string of the molecule is CCC1CC(CN)(N2CCCOc3ccccc32)CCO1. The van der Waals surface area contributed by atoms with Crippen LogP contribution in [0.4, 0.5) is 5.69 Å². The molecule has 0 aromatic heterocycles. The van der Waals surface area contributed by atoms with Crippen molar-refractivity contribution < 1.29 is 9.47 Å². The fourth-order valence-electron chi connectivity index (χ4n) is 3.62. The fourth-order valence-corrected chi connectivity index (χ4v) is 3.62. The lowest BCUT2D eigenvalue weighted by Gasteiger charge is -2.49. The van der Waals surface area contributed by atoms with E-state index < -0.39 is 0 Å². The minimum atomic E-state index is 0.00271. The van der Waals surface area contributed by atoms with Crippen molar-refractivity contribution in [3.05, 3.63) is 24.3 Å². The summed E-state index contributed by atoms with van der Waals surface area (Å²) in [5.74, 6) is 0.988. The van der Waals surface area contributed by atoms with Crippen LogP contribution in [0.1, 0.15) is 32.6 Å². The van der Waals surface area contributed by atoms with E-state index in [0.717, 1.165) is 51.2 Å². The Labute approximate surface area is 127 Å². The lowest BCUT2D eigenvalue weighted by molar-refractivity contribution is -0.0199. The smallest absolute Gasteiger partial charge is 0.142 e. The molecule has 0 spiro atoms. The number of hydrogen-bond donors (Lipinski definition) is 1. The summed E-state index contributed by atoms with van der Waals surface area (Å²) in [6.45, 7) is 5.44. The van der Waals surface area contributed by atoms with Crippen LogP contribution in [0.3, 0.4) is 0 Å². The molecule has 2 unspecified atom stereocenters. The van der Waals surface area contributed by atoms with Crippen LogP contribution in [0.2, 0.25) is 0 Å². The van der Waals surface area contributed by atoms with Crippen molar-refractivity contribution in [2.24, 2.45) is 5.73 Å². The third kappa shape index (κ3) is 2.74. The number of nitrogens with two attached hydrogens (primary N) is 1. The molecule has 1 aromatic carbocycles. The van der Waals surface area contributed by atoms with E-state index >= 15 is 0 Å². The van der Waals surface area contributed by atoms with Crippen molar-refractivity contribution in [1.82, 2.24) is 0 Å². The van der Waals surface area contributed by atoms with E-state index in [2.05, 4.69) is 30.0 Å². The van der Waals surface area contributed by atoms with Gasteiger partial charge in [0.05, 0.1) is 23.9 Å². The summed E-state index contributed by atoms with van der Waals surface area (Å²) in [5.41, 5.74) is 7.45. The minimum absolute atomic E-state index is 0.00271. The third-order valence-corrected chi connectivity index (χ3v) is 4.88. The number of para-hydroxylation sites is 2. The van der Waals surface area contributed by atoms with E-state index in [1.54, 1.807) is 0 Å². The van der Waals surface area contributed by atoms with E-state index in [1.165, 1.54) is 5.69 Å². The molecule has 0 amide bonds. The summed E-state index contributed by atoms with van der Waals surface area (Å²) >= 11 is 0. The molecule has 0 saturated carbocycles. The zero-order valence-electron chi connectivity index (χ0n) is 12.9. The average molecular weight is 290 g/mol. The molecule has 2 heterocycles. The second kappa shape index (κ2) is 6.24. The van der Waals surface area contributed by atoms with Crippen LogP contribution in [-0.2, 0) is 4.74 Å². The Kier molecular flexibility index (Phi) is 4.36. The Hall–Kier alpha value is -1.26. The van der Waals surface area contributed by atoms with Gasteiger partial charge in [-0.15, -0.1) is 0 Å². The van der Waals surface area contributed by atoms with Crippen molar-refractivity contribution in [3.63, 3.8) is 0 Å². The number of anilines is 1. The largest absolute Gasteiger partial charge is 0.491 e. The van der Waals surface area contributed by atoms with E-state index in [4.69, 9.17) is 15.2 Å². The van der Waals surface area contributed by atoms with Crippen molar-refractivity contribution in [2.75, 3.05) is 31.2 Å². The van der Waals surface area contributed by atoms with Gasteiger partial charge in [-0.25, -0.2) is 0 Å². The van der Waals surface area contributed by atoms with E-state index in [0.29, 0.717) is 12.6 Å². The lowest BCUT2D eigenvalue weighted by atomic mass is 9.83. The number of nitrogens with zero attached hydrogens (tertiary/aromatic N) is 1. The molecule has 4 nitrogen and oxygen atoms in total. The molecule has 21 heavy (non-hydrogen) atoms. The molecule has 1 fully saturated rings. The van der Waals surface area contributed by atoms with Crippen LogP contribution in [0, 0.1) is 0 Å². The molecular weight excluding hydrogens is 264 g/mol. The molecule has 2 atom stereocenters. The first-order chi connectivity index (χ1) is 10.3. The minimum Gasteiger partial charge on any atom is -0.491 e. The molecule has 4 heteroatoms. The Morgan fingerprint density at radius 2 is 2.19 bits per heavy atom. The van der Waals surface area contributed by atoms with Gasteiger partial charge in [-0.2, -0.15) is 0 Å². The maximum Gasteiger partial charge on any atom is 0.142 e. The Balaban J connectivity index is 1.96. The highest BCUT2D eigenvalue weighted by Gasteiger charge is 2.41. The van der Waals surface area contributed by atoms with Crippen LogP contribution in [-0.4, -0.2) is 37.9 Å². The summed E-state index contributed by atoms with van der Waals surface area (Å²) in [5, 5.41) is 0. The molecule has 2 aliphatic heterocycles. The number of fused-ring (bicyclic) bond motifs is 1. The predicted molar refractivity (Wildman–Crippen MR) is 85.0 cm³/mol. The van der Waals surface area contributed by atoms with Gasteiger partial charge in [0.1, 0.15) is 5.75 Å². The summed E-state index contributed by atoms with van der Waals surface area (Å²) in [7, 11) is 0. The normalized spacial score (nSPS) is 29.4. The van der Waals surface area contributed by atoms with Gasteiger partial charge in [0.2, 0.25) is 0 Å². The highest BCUT2D eigenvalue weighted by molar-refractivity contribution is 5.61. The van der Waals surface area contributed by atoms with E-state index in [9.17, 15) is 0 Å². The maximum absolute atomic E-state index is 6.26. The molecule has 0 radical (unpaired) electrons. The molecule has 0 aliphatic carbocycles. The van der Waals surface area contributed by atoms with Crippen molar-refractivity contribution in [2.45, 2.75) is 44.2 Å². The van der Waals surface area contributed by atoms with Gasteiger partial charge >= 0.3 is 0 Å². The van der Waals surface area contributed by atoms with Gasteiger partial charge in [-0.1, -0.05) is 19.1 Å². The van der Waals surface area contributed by atoms with Gasteiger partial charge < -0.3 is 20.1 Å². The summed E-state index contributed by atoms with van der Waals surface area (Å²) in [6.07, 6.45) is 4.41. The standard InChI is InChI=1S/C17H26N2O2/c1-2-14-12-17(13-18,8-11-20-14)19-9-5-10-21-16-7-4-3-6-15(16)19/h3-4,6-7,14H,2,5,8-13,18H2,1H3. The number of rotatable bonds is 3. The summed E-state index contributed by atoms with van der Waals surface area (Å²) in [6, 6.07) is 8.35. The van der Waals surface area contributed by atoms with Crippen LogP contribution in [0.25, 0.3) is 0 Å². The average Bonchev–Trinajstić information content (AvgIpc) is 2.77. The summed E-state index contributed by atoms with van der Waals surface area (Å²) < 4.78 is 11.8. The second-order valence-corrected chi connectivity index (χ2v) is 6.11. The van der Waals surface area contributed by atoms with Crippen molar-refractivity contribution in [3.8, 4) is 5.75 Å². The topological polar surface area (TPSA) is 47.7 Å². The van der Waals surface area contributed by atoms with Gasteiger partial charge in [0.25, 0.3) is 0 Å². The van der Waals surface area contributed by atoms with Gasteiger partial charge in [-0.05, 0) is 37.8 Å². The molecule has 1 saturated heterocycles. The first-order valence-corrected chi connectivity index (χ1v) is 8.10. The second-order valence-electron chi connectivity index (χ2n) is 6.11. The van der Waals surface area contributed by atoms with Gasteiger partial charge in [0.15, 0.2) is 0 Å². The van der Waals surface area contributed by atoms with E-state index in [-0.39, 0.29) is 5.54 Å². The fraction of sp³-hybridized carbons (Fsp3) is 0.647. The zero-order valence-corrected chi connectivity index (χ0v) is 12.9. The van der Waals surface area contributed by atoms with Crippen LogP contribution in [0.5, 0.6) is 5.75 Å². The van der Waals surface area contributed by atoms with Gasteiger partial charge in [0, 0.05) is 19.7 Å². The van der Waals surface area contributed by atoms with Crippen molar-refractivity contribution in [1.29, 1.82) is 0 Å².